The molecule has 4 aromatic rings. The maximum Gasteiger partial charge on any atom is 0.337 e. The topological polar surface area (TPSA) is 72.6 Å². The fourth-order valence-electron chi connectivity index (χ4n) is 3.28. The number of esters is 1. The highest BCUT2D eigenvalue weighted by Gasteiger charge is 2.23. The molecule has 2 heterocycles. The van der Waals surface area contributed by atoms with E-state index in [4.69, 9.17) is 14.1 Å². The van der Waals surface area contributed by atoms with Gasteiger partial charge in [-0.1, -0.05) is 17.4 Å². The Morgan fingerprint density at radius 2 is 1.83 bits per heavy atom. The molecule has 0 unspecified atom stereocenters. The van der Waals surface area contributed by atoms with Crippen molar-refractivity contribution in [2.24, 2.45) is 0 Å². The van der Waals surface area contributed by atoms with Gasteiger partial charge in [0.05, 0.1) is 35.7 Å². The fraction of sp³-hybridized carbons (Fsp3) is 0.174. The van der Waals surface area contributed by atoms with E-state index in [1.807, 2.05) is 19.9 Å². The van der Waals surface area contributed by atoms with Crippen molar-refractivity contribution in [3.63, 3.8) is 0 Å². The molecule has 0 saturated carbocycles. The summed E-state index contributed by atoms with van der Waals surface area (Å²) in [6, 6.07) is 14.2. The third-order valence-corrected chi connectivity index (χ3v) is 5.77. The Hall–Kier alpha value is -3.45. The molecule has 6 nitrogen and oxygen atoms in total. The summed E-state index contributed by atoms with van der Waals surface area (Å²) < 4.78 is 11.2. The maximum absolute atomic E-state index is 13.4. The summed E-state index contributed by atoms with van der Waals surface area (Å²) in [5.74, 6) is -0.0172. The number of hydrogen-bond donors (Lipinski definition) is 0. The Bertz CT molecular complexity index is 1210. The minimum absolute atomic E-state index is 0.226. The van der Waals surface area contributed by atoms with Crippen molar-refractivity contribution in [2.45, 2.75) is 20.4 Å². The van der Waals surface area contributed by atoms with Crippen molar-refractivity contribution < 1.29 is 18.7 Å². The number of hydrogen-bond acceptors (Lipinski definition) is 6. The second-order valence-electron chi connectivity index (χ2n) is 6.96. The van der Waals surface area contributed by atoms with E-state index in [0.717, 1.165) is 21.3 Å². The number of carbonyl (C=O) groups is 2. The van der Waals surface area contributed by atoms with Crippen LogP contribution in [0.25, 0.3) is 10.2 Å². The van der Waals surface area contributed by atoms with Gasteiger partial charge in [0.1, 0.15) is 5.76 Å². The molecule has 4 rings (SSSR count). The first-order valence-electron chi connectivity index (χ1n) is 9.36. The van der Waals surface area contributed by atoms with Gasteiger partial charge in [-0.05, 0) is 67.4 Å². The first-order chi connectivity index (χ1) is 14.5. The van der Waals surface area contributed by atoms with Gasteiger partial charge in [-0.15, -0.1) is 0 Å². The minimum atomic E-state index is -0.446. The van der Waals surface area contributed by atoms with Gasteiger partial charge >= 0.3 is 5.97 Å². The summed E-state index contributed by atoms with van der Waals surface area (Å²) in [5, 5.41) is 0.595. The van der Waals surface area contributed by atoms with Crippen LogP contribution < -0.4 is 4.90 Å². The normalized spacial score (nSPS) is 10.9. The van der Waals surface area contributed by atoms with Crippen molar-refractivity contribution in [1.82, 2.24) is 4.98 Å². The van der Waals surface area contributed by atoms with Gasteiger partial charge in [0.25, 0.3) is 5.91 Å². The Morgan fingerprint density at radius 3 is 2.50 bits per heavy atom. The van der Waals surface area contributed by atoms with Crippen LogP contribution in [-0.4, -0.2) is 24.0 Å². The van der Waals surface area contributed by atoms with Crippen LogP contribution in [0.2, 0.25) is 0 Å². The summed E-state index contributed by atoms with van der Waals surface area (Å²) in [6.07, 6.45) is 1.58. The number of amides is 1. The number of carbonyl (C=O) groups excluding carboxylic acids is 2. The molecule has 0 aliphatic heterocycles. The number of anilines is 1. The van der Waals surface area contributed by atoms with Crippen LogP contribution in [0.1, 0.15) is 37.6 Å². The molecular weight excluding hydrogens is 400 g/mol. The molecule has 0 aliphatic carbocycles. The number of nitrogens with zero attached hydrogens (tertiary/aromatic N) is 2. The van der Waals surface area contributed by atoms with Crippen molar-refractivity contribution in [2.75, 3.05) is 12.0 Å². The zero-order valence-corrected chi connectivity index (χ0v) is 17.7. The smallest absolute Gasteiger partial charge is 0.337 e. The molecule has 0 aliphatic rings. The van der Waals surface area contributed by atoms with E-state index in [9.17, 15) is 9.59 Å². The van der Waals surface area contributed by atoms with Crippen molar-refractivity contribution in [1.29, 1.82) is 0 Å². The van der Waals surface area contributed by atoms with Gasteiger partial charge in [0.2, 0.25) is 0 Å². The molecule has 7 heteroatoms. The van der Waals surface area contributed by atoms with Crippen molar-refractivity contribution in [3.05, 3.63) is 82.8 Å². The molecule has 30 heavy (non-hydrogen) atoms. The number of ether oxygens (including phenoxy) is 1. The highest BCUT2D eigenvalue weighted by Crippen LogP contribution is 2.33. The average Bonchev–Trinajstić information content (AvgIpc) is 3.40. The van der Waals surface area contributed by atoms with Gasteiger partial charge in [-0.3, -0.25) is 9.69 Å². The zero-order chi connectivity index (χ0) is 21.3. The molecule has 0 fully saturated rings. The van der Waals surface area contributed by atoms with Crippen LogP contribution in [0.15, 0.2) is 59.2 Å². The number of benzene rings is 2. The van der Waals surface area contributed by atoms with E-state index in [1.165, 1.54) is 18.4 Å². The Morgan fingerprint density at radius 1 is 1.10 bits per heavy atom. The summed E-state index contributed by atoms with van der Waals surface area (Å²) in [7, 11) is 1.32. The van der Waals surface area contributed by atoms with Crippen LogP contribution >= 0.6 is 11.3 Å². The summed E-state index contributed by atoms with van der Waals surface area (Å²) in [6.45, 7) is 4.31. The first kappa shape index (κ1) is 19.8. The van der Waals surface area contributed by atoms with Gasteiger partial charge in [0, 0.05) is 5.56 Å². The Kier molecular flexibility index (Phi) is 5.37. The highest BCUT2D eigenvalue weighted by atomic mass is 32.1. The molecular formula is C23H20N2O4S. The van der Waals surface area contributed by atoms with Crippen LogP contribution in [0, 0.1) is 13.8 Å². The minimum Gasteiger partial charge on any atom is -0.467 e. The van der Waals surface area contributed by atoms with E-state index in [1.54, 1.807) is 41.5 Å². The monoisotopic (exact) mass is 420 g/mol. The standard InChI is InChI=1S/C23H20N2O4S/c1-14-11-15(2)20-19(12-14)30-23(24-20)25(13-18-5-4-10-29-18)21(26)16-6-8-17(9-7-16)22(27)28-3/h4-12H,13H2,1-3H3. The third kappa shape index (κ3) is 3.84. The number of furan rings is 1. The van der Waals surface area contributed by atoms with Crippen LogP contribution in [0.3, 0.4) is 0 Å². The molecule has 2 aromatic heterocycles. The van der Waals surface area contributed by atoms with Gasteiger partial charge in [-0.25, -0.2) is 9.78 Å². The quantitative estimate of drug-likeness (QED) is 0.418. The molecule has 0 N–H and O–H groups in total. The second kappa shape index (κ2) is 8.12. The number of methoxy groups -OCH3 is 1. The molecule has 0 radical (unpaired) electrons. The molecule has 0 saturated heterocycles. The van der Waals surface area contributed by atoms with Crippen molar-refractivity contribution >= 4 is 38.6 Å². The Balaban J connectivity index is 1.74. The summed E-state index contributed by atoms with van der Waals surface area (Å²) in [5.41, 5.74) is 3.94. The SMILES string of the molecule is COC(=O)c1ccc(C(=O)N(Cc2ccco2)c2nc3c(C)cc(C)cc3s2)cc1. The molecule has 2 aromatic carbocycles. The van der Waals surface area contributed by atoms with E-state index < -0.39 is 5.97 Å². The van der Waals surface area contributed by atoms with E-state index in [0.29, 0.717) is 22.0 Å². The molecule has 0 atom stereocenters. The fourth-order valence-corrected chi connectivity index (χ4v) is 4.42. The lowest BCUT2D eigenvalue weighted by molar-refractivity contribution is 0.0600. The van der Waals surface area contributed by atoms with Crippen molar-refractivity contribution in [3.8, 4) is 0 Å². The van der Waals surface area contributed by atoms with E-state index >= 15 is 0 Å². The van der Waals surface area contributed by atoms with Gasteiger partial charge in [0.15, 0.2) is 5.13 Å². The number of rotatable bonds is 5. The predicted molar refractivity (Wildman–Crippen MR) is 116 cm³/mol. The number of thiazole rings is 1. The number of aromatic nitrogens is 1. The average molecular weight is 420 g/mol. The second-order valence-corrected chi connectivity index (χ2v) is 7.97. The maximum atomic E-state index is 13.4. The predicted octanol–water partition coefficient (Wildman–Crippen LogP) is 5.14. The highest BCUT2D eigenvalue weighted by molar-refractivity contribution is 7.22. The Labute approximate surface area is 177 Å². The molecule has 0 spiro atoms. The third-order valence-electron chi connectivity index (χ3n) is 4.74. The lowest BCUT2D eigenvalue weighted by atomic mass is 10.1. The number of aryl methyl sites for hydroxylation is 2. The molecule has 0 bridgehead atoms. The van der Waals surface area contributed by atoms with Crippen LogP contribution in [-0.2, 0) is 11.3 Å². The van der Waals surface area contributed by atoms with E-state index in [2.05, 4.69) is 12.1 Å². The van der Waals surface area contributed by atoms with Gasteiger partial charge in [-0.2, -0.15) is 0 Å². The largest absolute Gasteiger partial charge is 0.467 e. The first-order valence-corrected chi connectivity index (χ1v) is 10.2. The van der Waals surface area contributed by atoms with Crippen LogP contribution in [0.5, 0.6) is 0 Å². The molecule has 152 valence electrons. The lowest BCUT2D eigenvalue weighted by Crippen LogP contribution is -2.30. The summed E-state index contributed by atoms with van der Waals surface area (Å²) in [4.78, 5) is 31.4. The molecule has 1 amide bonds. The zero-order valence-electron chi connectivity index (χ0n) is 16.8. The number of fused-ring (bicyclic) bond motifs is 1. The summed E-state index contributed by atoms with van der Waals surface area (Å²) >= 11 is 1.47. The van der Waals surface area contributed by atoms with E-state index in [-0.39, 0.29) is 12.5 Å². The lowest BCUT2D eigenvalue weighted by Gasteiger charge is -2.19. The van der Waals surface area contributed by atoms with Crippen LogP contribution in [0.4, 0.5) is 5.13 Å². The van der Waals surface area contributed by atoms with Gasteiger partial charge < -0.3 is 9.15 Å².